The molecule has 3 aliphatic heterocycles. The third-order valence-electron chi connectivity index (χ3n) is 5.92. The van der Waals surface area contributed by atoms with Gasteiger partial charge in [-0.2, -0.15) is 0 Å². The van der Waals surface area contributed by atoms with Crippen molar-refractivity contribution in [2.45, 2.75) is 43.6 Å². The van der Waals surface area contributed by atoms with E-state index in [4.69, 9.17) is 4.99 Å². The first-order chi connectivity index (χ1) is 9.80. The summed E-state index contributed by atoms with van der Waals surface area (Å²) in [6, 6.07) is 8.87. The SMILES string of the molecule is O=C1C[C@@]23C(=Nc4ccccc42)CC[C@@H]2CCCN1[C@@H]23. The average molecular weight is 266 g/mol. The van der Waals surface area contributed by atoms with Crippen LogP contribution in [0.1, 0.15) is 37.7 Å². The number of amides is 1. The van der Waals surface area contributed by atoms with Gasteiger partial charge in [-0.1, -0.05) is 18.2 Å². The molecule has 4 aliphatic rings. The van der Waals surface area contributed by atoms with E-state index in [9.17, 15) is 4.79 Å². The number of fused-ring (bicyclic) bond motifs is 1. The van der Waals surface area contributed by atoms with Gasteiger partial charge in [0, 0.05) is 24.7 Å². The van der Waals surface area contributed by atoms with Gasteiger partial charge in [0.05, 0.1) is 11.1 Å². The number of carbonyl (C=O) groups is 1. The number of nitrogens with zero attached hydrogens (tertiary/aromatic N) is 2. The second-order valence-electron chi connectivity index (χ2n) is 6.70. The zero-order valence-corrected chi connectivity index (χ0v) is 11.5. The number of piperidine rings is 1. The predicted molar refractivity (Wildman–Crippen MR) is 77.3 cm³/mol. The lowest BCUT2D eigenvalue weighted by Crippen LogP contribution is -2.56. The minimum atomic E-state index is -0.0724. The summed E-state index contributed by atoms with van der Waals surface area (Å²) >= 11 is 0. The van der Waals surface area contributed by atoms with Crippen LogP contribution in [0.3, 0.4) is 0 Å². The number of rotatable bonds is 0. The number of hydrogen-bond acceptors (Lipinski definition) is 2. The van der Waals surface area contributed by atoms with E-state index in [1.165, 1.54) is 30.5 Å². The molecule has 0 bridgehead atoms. The van der Waals surface area contributed by atoms with Gasteiger partial charge in [0.15, 0.2) is 0 Å². The molecule has 5 rings (SSSR count). The van der Waals surface area contributed by atoms with Crippen molar-refractivity contribution in [2.24, 2.45) is 10.9 Å². The maximum Gasteiger partial charge on any atom is 0.224 e. The van der Waals surface area contributed by atoms with Crippen LogP contribution in [-0.2, 0) is 10.2 Å². The summed E-state index contributed by atoms with van der Waals surface area (Å²) in [5, 5.41) is 0. The minimum absolute atomic E-state index is 0.0724. The topological polar surface area (TPSA) is 32.7 Å². The molecule has 1 amide bonds. The maximum absolute atomic E-state index is 12.6. The van der Waals surface area contributed by atoms with E-state index in [0.717, 1.165) is 18.7 Å². The first-order valence-electron chi connectivity index (χ1n) is 7.78. The highest BCUT2D eigenvalue weighted by molar-refractivity contribution is 6.08. The Morgan fingerprint density at radius 3 is 3.10 bits per heavy atom. The van der Waals surface area contributed by atoms with Gasteiger partial charge in [-0.25, -0.2) is 0 Å². The van der Waals surface area contributed by atoms with Gasteiger partial charge >= 0.3 is 0 Å². The van der Waals surface area contributed by atoms with Crippen molar-refractivity contribution in [1.29, 1.82) is 0 Å². The van der Waals surface area contributed by atoms with Gasteiger partial charge in [0.25, 0.3) is 0 Å². The van der Waals surface area contributed by atoms with E-state index in [1.807, 2.05) is 0 Å². The largest absolute Gasteiger partial charge is 0.338 e. The number of para-hydroxylation sites is 1. The van der Waals surface area contributed by atoms with Crippen LogP contribution in [0.5, 0.6) is 0 Å². The molecule has 0 radical (unpaired) electrons. The molecular formula is C17H18N2O. The zero-order valence-electron chi connectivity index (χ0n) is 11.5. The van der Waals surface area contributed by atoms with Crippen LogP contribution in [0.4, 0.5) is 5.69 Å². The fourth-order valence-electron chi connectivity index (χ4n) is 5.25. The highest BCUT2D eigenvalue weighted by atomic mass is 16.2. The molecule has 2 saturated heterocycles. The molecule has 1 aliphatic carbocycles. The molecule has 1 aromatic carbocycles. The molecule has 102 valence electrons. The molecular weight excluding hydrogens is 248 g/mol. The Labute approximate surface area is 118 Å². The zero-order chi connectivity index (χ0) is 13.3. The van der Waals surface area contributed by atoms with Crippen LogP contribution < -0.4 is 0 Å². The molecule has 20 heavy (non-hydrogen) atoms. The molecule has 3 heteroatoms. The van der Waals surface area contributed by atoms with Crippen molar-refractivity contribution in [3.8, 4) is 0 Å². The molecule has 1 aromatic rings. The van der Waals surface area contributed by atoms with Gasteiger partial charge in [-0.05, 0) is 43.2 Å². The van der Waals surface area contributed by atoms with Crippen LogP contribution in [-0.4, -0.2) is 29.1 Å². The lowest BCUT2D eigenvalue weighted by molar-refractivity contribution is -0.130. The van der Waals surface area contributed by atoms with Crippen molar-refractivity contribution in [2.75, 3.05) is 6.54 Å². The fourth-order valence-corrected chi connectivity index (χ4v) is 5.25. The van der Waals surface area contributed by atoms with Crippen LogP contribution >= 0.6 is 0 Å². The van der Waals surface area contributed by atoms with Gasteiger partial charge in [0.1, 0.15) is 0 Å². The van der Waals surface area contributed by atoms with Crippen molar-refractivity contribution in [1.82, 2.24) is 4.90 Å². The Morgan fingerprint density at radius 1 is 1.25 bits per heavy atom. The summed E-state index contributed by atoms with van der Waals surface area (Å²) in [4.78, 5) is 19.7. The number of aliphatic imine (C=N–C) groups is 1. The second kappa shape index (κ2) is 3.51. The lowest BCUT2D eigenvalue weighted by atomic mass is 9.60. The standard InChI is InChI=1S/C17H18N2O/c20-15-10-17-12-5-1-2-6-13(12)18-14(17)8-7-11-4-3-9-19(15)16(11)17/h1-2,5-6,11,16H,3-4,7-10H2/t11-,16-,17-/m0/s1. The smallest absolute Gasteiger partial charge is 0.224 e. The number of carbonyl (C=O) groups excluding carboxylic acids is 1. The molecule has 0 unspecified atom stereocenters. The average Bonchev–Trinajstić information content (AvgIpc) is 2.96. The van der Waals surface area contributed by atoms with Crippen molar-refractivity contribution >= 4 is 17.3 Å². The summed E-state index contributed by atoms with van der Waals surface area (Å²) in [6.45, 7) is 0.956. The second-order valence-corrected chi connectivity index (χ2v) is 6.70. The van der Waals surface area contributed by atoms with Crippen molar-refractivity contribution in [3.05, 3.63) is 29.8 Å². The predicted octanol–water partition coefficient (Wildman–Crippen LogP) is 2.82. The molecule has 0 aromatic heterocycles. The summed E-state index contributed by atoms with van der Waals surface area (Å²) in [5.41, 5.74) is 3.65. The quantitative estimate of drug-likeness (QED) is 0.710. The van der Waals surface area contributed by atoms with Crippen molar-refractivity contribution in [3.63, 3.8) is 0 Å². The Bertz CT molecular complexity index is 650. The fraction of sp³-hybridized carbons (Fsp3) is 0.529. The molecule has 3 heterocycles. The molecule has 3 atom stereocenters. The van der Waals surface area contributed by atoms with Crippen LogP contribution in [0.2, 0.25) is 0 Å². The van der Waals surface area contributed by atoms with Gasteiger partial charge in [-0.15, -0.1) is 0 Å². The minimum Gasteiger partial charge on any atom is -0.338 e. The van der Waals surface area contributed by atoms with Gasteiger partial charge < -0.3 is 4.90 Å². The van der Waals surface area contributed by atoms with Crippen LogP contribution in [0.25, 0.3) is 0 Å². The third kappa shape index (κ3) is 1.10. The molecule has 1 saturated carbocycles. The summed E-state index contributed by atoms with van der Waals surface area (Å²) in [5.74, 6) is 1.03. The summed E-state index contributed by atoms with van der Waals surface area (Å²) in [7, 11) is 0. The highest BCUT2D eigenvalue weighted by Crippen LogP contribution is 2.57. The van der Waals surface area contributed by atoms with E-state index >= 15 is 0 Å². The van der Waals surface area contributed by atoms with Crippen LogP contribution in [0, 0.1) is 5.92 Å². The molecule has 1 spiro atoms. The lowest BCUT2D eigenvalue weighted by Gasteiger charge is -2.48. The van der Waals surface area contributed by atoms with Crippen molar-refractivity contribution < 1.29 is 4.79 Å². The first kappa shape index (κ1) is 11.1. The number of benzene rings is 1. The molecule has 3 nitrogen and oxygen atoms in total. The first-order valence-corrected chi connectivity index (χ1v) is 7.78. The summed E-state index contributed by atoms with van der Waals surface area (Å²) in [6.07, 6.45) is 5.41. The Hall–Kier alpha value is -1.64. The van der Waals surface area contributed by atoms with E-state index in [0.29, 0.717) is 24.3 Å². The number of hydrogen-bond donors (Lipinski definition) is 0. The summed E-state index contributed by atoms with van der Waals surface area (Å²) < 4.78 is 0. The van der Waals surface area contributed by atoms with Gasteiger partial charge in [0.2, 0.25) is 5.91 Å². The van der Waals surface area contributed by atoms with Gasteiger partial charge in [-0.3, -0.25) is 9.79 Å². The molecule has 3 fully saturated rings. The Balaban J connectivity index is 1.77. The van der Waals surface area contributed by atoms with Crippen LogP contribution in [0.15, 0.2) is 29.3 Å². The van der Waals surface area contributed by atoms with E-state index in [2.05, 4.69) is 29.2 Å². The van der Waals surface area contributed by atoms with E-state index < -0.39 is 0 Å². The monoisotopic (exact) mass is 266 g/mol. The third-order valence-corrected chi connectivity index (χ3v) is 5.92. The normalized spacial score (nSPS) is 37.3. The van der Waals surface area contributed by atoms with E-state index in [-0.39, 0.29) is 5.41 Å². The maximum atomic E-state index is 12.6. The van der Waals surface area contributed by atoms with E-state index in [1.54, 1.807) is 0 Å². The Morgan fingerprint density at radius 2 is 2.15 bits per heavy atom. The molecule has 0 N–H and O–H groups in total. The highest BCUT2D eigenvalue weighted by Gasteiger charge is 2.62. The Kier molecular flexibility index (Phi) is 1.94.